The third-order valence-electron chi connectivity index (χ3n) is 2.19. The lowest BCUT2D eigenvalue weighted by molar-refractivity contribution is -0.145. The molecule has 90 valence electrons. The van der Waals surface area contributed by atoms with Crippen LogP contribution in [0.4, 0.5) is 0 Å². The van der Waals surface area contributed by atoms with Crippen molar-refractivity contribution in [3.8, 4) is 0 Å². The third kappa shape index (κ3) is 2.79. The van der Waals surface area contributed by atoms with E-state index in [0.717, 1.165) is 0 Å². The van der Waals surface area contributed by atoms with Crippen LogP contribution in [0.3, 0.4) is 0 Å². The van der Waals surface area contributed by atoms with Gasteiger partial charge in [-0.25, -0.2) is 0 Å². The number of hydrogen-bond donors (Lipinski definition) is 0. The second kappa shape index (κ2) is 5.60. The minimum Gasteiger partial charge on any atom is -0.465 e. The predicted molar refractivity (Wildman–Crippen MR) is 54.8 cm³/mol. The zero-order valence-corrected chi connectivity index (χ0v) is 9.89. The van der Waals surface area contributed by atoms with Crippen LogP contribution in [-0.2, 0) is 14.3 Å². The summed E-state index contributed by atoms with van der Waals surface area (Å²) < 4.78 is 14.9. The van der Waals surface area contributed by atoms with Crippen molar-refractivity contribution in [1.29, 1.82) is 0 Å². The number of aromatic nitrogens is 2. The highest BCUT2D eigenvalue weighted by molar-refractivity contribution is 5.76. The van der Waals surface area contributed by atoms with Crippen molar-refractivity contribution in [2.75, 3.05) is 13.7 Å². The summed E-state index contributed by atoms with van der Waals surface area (Å²) in [4.78, 5) is 15.5. The van der Waals surface area contributed by atoms with Crippen molar-refractivity contribution in [3.05, 3.63) is 11.7 Å². The highest BCUT2D eigenvalue weighted by Crippen LogP contribution is 2.18. The van der Waals surface area contributed by atoms with E-state index in [1.54, 1.807) is 27.9 Å². The number of carbonyl (C=O) groups excluding carboxylic acids is 1. The monoisotopic (exact) mass is 228 g/mol. The Morgan fingerprint density at radius 1 is 1.50 bits per heavy atom. The van der Waals surface area contributed by atoms with E-state index in [9.17, 15) is 4.79 Å². The van der Waals surface area contributed by atoms with Crippen molar-refractivity contribution in [1.82, 2.24) is 10.1 Å². The maximum absolute atomic E-state index is 11.4. The molecule has 6 heteroatoms. The Labute approximate surface area is 93.9 Å². The lowest BCUT2D eigenvalue weighted by Crippen LogP contribution is -2.13. The van der Waals surface area contributed by atoms with Gasteiger partial charge in [-0.1, -0.05) is 5.16 Å². The molecule has 16 heavy (non-hydrogen) atoms. The summed E-state index contributed by atoms with van der Waals surface area (Å²) >= 11 is 0. The summed E-state index contributed by atoms with van der Waals surface area (Å²) in [6.07, 6.45) is -0.258. The van der Waals surface area contributed by atoms with Gasteiger partial charge in [-0.05, 0) is 20.8 Å². The first kappa shape index (κ1) is 12.6. The fourth-order valence-electron chi connectivity index (χ4n) is 1.06. The van der Waals surface area contributed by atoms with Crippen LogP contribution in [0.5, 0.6) is 0 Å². The topological polar surface area (TPSA) is 74.5 Å². The Morgan fingerprint density at radius 2 is 2.19 bits per heavy atom. The number of ether oxygens (including phenoxy) is 2. The van der Waals surface area contributed by atoms with E-state index in [-0.39, 0.29) is 18.0 Å². The molecule has 2 unspecified atom stereocenters. The summed E-state index contributed by atoms with van der Waals surface area (Å²) in [5.41, 5.74) is 0. The van der Waals surface area contributed by atoms with Crippen LogP contribution in [-0.4, -0.2) is 29.8 Å². The highest BCUT2D eigenvalue weighted by atomic mass is 16.5. The number of hydrogen-bond acceptors (Lipinski definition) is 6. The van der Waals surface area contributed by atoms with Crippen LogP contribution in [0.1, 0.15) is 44.5 Å². The summed E-state index contributed by atoms with van der Waals surface area (Å²) in [5, 5.41) is 3.73. The van der Waals surface area contributed by atoms with Crippen molar-refractivity contribution in [2.45, 2.75) is 32.8 Å². The maximum atomic E-state index is 11.4. The molecular weight excluding hydrogens is 212 g/mol. The Bertz CT molecular complexity index is 350. The van der Waals surface area contributed by atoms with Crippen LogP contribution in [0.15, 0.2) is 4.52 Å². The average Bonchev–Trinajstić information content (AvgIpc) is 2.76. The molecule has 6 nitrogen and oxygen atoms in total. The Morgan fingerprint density at radius 3 is 2.75 bits per heavy atom. The molecule has 0 bridgehead atoms. The highest BCUT2D eigenvalue weighted by Gasteiger charge is 2.24. The zero-order chi connectivity index (χ0) is 12.1. The lowest BCUT2D eigenvalue weighted by Gasteiger charge is -2.05. The molecular formula is C10H16N2O4. The molecule has 0 fully saturated rings. The molecule has 0 saturated heterocycles. The normalized spacial score (nSPS) is 14.5. The van der Waals surface area contributed by atoms with Crippen LogP contribution < -0.4 is 0 Å². The van der Waals surface area contributed by atoms with Gasteiger partial charge >= 0.3 is 5.97 Å². The molecule has 0 aliphatic carbocycles. The van der Waals surface area contributed by atoms with Crippen molar-refractivity contribution >= 4 is 5.97 Å². The number of esters is 1. The molecule has 0 radical (unpaired) electrons. The van der Waals surface area contributed by atoms with E-state index in [4.69, 9.17) is 14.0 Å². The van der Waals surface area contributed by atoms with E-state index in [2.05, 4.69) is 10.1 Å². The van der Waals surface area contributed by atoms with Gasteiger partial charge in [-0.15, -0.1) is 0 Å². The van der Waals surface area contributed by atoms with Gasteiger partial charge in [0.05, 0.1) is 6.61 Å². The molecule has 1 heterocycles. The molecule has 0 aliphatic heterocycles. The molecule has 2 atom stereocenters. The Hall–Kier alpha value is -1.43. The van der Waals surface area contributed by atoms with E-state index in [0.29, 0.717) is 12.4 Å². The van der Waals surface area contributed by atoms with E-state index >= 15 is 0 Å². The molecule has 1 aromatic heterocycles. The van der Waals surface area contributed by atoms with Gasteiger partial charge < -0.3 is 14.0 Å². The largest absolute Gasteiger partial charge is 0.465 e. The SMILES string of the molecule is CCOC(=O)C(C)c1nc(C(C)OC)no1. The summed E-state index contributed by atoms with van der Waals surface area (Å²) in [5.74, 6) is -0.251. The number of carbonyl (C=O) groups is 1. The zero-order valence-electron chi connectivity index (χ0n) is 9.89. The minimum atomic E-state index is -0.551. The molecule has 0 saturated carbocycles. The fraction of sp³-hybridized carbons (Fsp3) is 0.700. The number of nitrogens with zero attached hydrogens (tertiary/aromatic N) is 2. The van der Waals surface area contributed by atoms with Gasteiger partial charge in [0.1, 0.15) is 12.0 Å². The van der Waals surface area contributed by atoms with Gasteiger partial charge in [0.15, 0.2) is 5.82 Å². The Balaban J connectivity index is 2.73. The third-order valence-corrected chi connectivity index (χ3v) is 2.19. The molecule has 1 aromatic rings. The average molecular weight is 228 g/mol. The molecule has 0 aromatic carbocycles. The molecule has 0 amide bonds. The van der Waals surface area contributed by atoms with Crippen molar-refractivity contribution in [3.63, 3.8) is 0 Å². The van der Waals surface area contributed by atoms with Gasteiger partial charge in [0.25, 0.3) is 0 Å². The predicted octanol–water partition coefficient (Wildman–Crippen LogP) is 1.44. The molecule has 1 rings (SSSR count). The summed E-state index contributed by atoms with van der Waals surface area (Å²) in [6, 6.07) is 0. The van der Waals surface area contributed by atoms with E-state index < -0.39 is 5.92 Å². The van der Waals surface area contributed by atoms with Gasteiger partial charge in [-0.2, -0.15) is 4.98 Å². The first-order chi connectivity index (χ1) is 7.60. The van der Waals surface area contributed by atoms with Gasteiger partial charge in [-0.3, -0.25) is 4.79 Å². The molecule has 0 aliphatic rings. The Kier molecular flexibility index (Phi) is 4.42. The quantitative estimate of drug-likeness (QED) is 0.710. The first-order valence-electron chi connectivity index (χ1n) is 5.13. The smallest absolute Gasteiger partial charge is 0.318 e. The van der Waals surface area contributed by atoms with Crippen molar-refractivity contribution in [2.24, 2.45) is 0 Å². The lowest BCUT2D eigenvalue weighted by atomic mass is 10.2. The van der Waals surface area contributed by atoms with E-state index in [1.165, 1.54) is 0 Å². The number of rotatable bonds is 5. The van der Waals surface area contributed by atoms with Crippen LogP contribution in [0, 0.1) is 0 Å². The summed E-state index contributed by atoms with van der Waals surface area (Å²) in [6.45, 7) is 5.53. The van der Waals surface area contributed by atoms with E-state index in [1.807, 2.05) is 0 Å². The molecule has 0 spiro atoms. The number of methoxy groups -OCH3 is 1. The first-order valence-corrected chi connectivity index (χ1v) is 5.13. The second-order valence-electron chi connectivity index (χ2n) is 3.34. The van der Waals surface area contributed by atoms with Gasteiger partial charge in [0, 0.05) is 7.11 Å². The summed E-state index contributed by atoms with van der Waals surface area (Å²) in [7, 11) is 1.55. The van der Waals surface area contributed by atoms with Gasteiger partial charge in [0.2, 0.25) is 5.89 Å². The van der Waals surface area contributed by atoms with Crippen LogP contribution >= 0.6 is 0 Å². The van der Waals surface area contributed by atoms with Crippen LogP contribution in [0.25, 0.3) is 0 Å². The molecule has 0 N–H and O–H groups in total. The minimum absolute atomic E-state index is 0.248. The standard InChI is InChI=1S/C10H16N2O4/c1-5-15-10(13)6(2)9-11-8(12-16-9)7(3)14-4/h6-7H,5H2,1-4H3. The van der Waals surface area contributed by atoms with Crippen LogP contribution in [0.2, 0.25) is 0 Å². The maximum Gasteiger partial charge on any atom is 0.318 e. The fourth-order valence-corrected chi connectivity index (χ4v) is 1.06. The second-order valence-corrected chi connectivity index (χ2v) is 3.34. The van der Waals surface area contributed by atoms with Crippen molar-refractivity contribution < 1.29 is 18.8 Å².